The summed E-state index contributed by atoms with van der Waals surface area (Å²) in [7, 11) is 0. The van der Waals surface area contributed by atoms with Gasteiger partial charge in [0.05, 0.1) is 18.4 Å². The fourth-order valence-electron chi connectivity index (χ4n) is 2.17. The van der Waals surface area contributed by atoms with Crippen molar-refractivity contribution in [3.63, 3.8) is 0 Å². The van der Waals surface area contributed by atoms with Crippen molar-refractivity contribution < 1.29 is 34.1 Å². The Bertz CT molecular complexity index is 460. The summed E-state index contributed by atoms with van der Waals surface area (Å²) in [6.45, 7) is 4.98. The summed E-state index contributed by atoms with van der Waals surface area (Å²) in [5, 5.41) is 17.4. The van der Waals surface area contributed by atoms with Gasteiger partial charge >= 0.3 is 17.9 Å². The van der Waals surface area contributed by atoms with Crippen LogP contribution in [0.2, 0.25) is 0 Å². The van der Waals surface area contributed by atoms with Gasteiger partial charge in [-0.05, 0) is 19.8 Å². The number of esters is 1. The third-order valence-corrected chi connectivity index (χ3v) is 3.30. The van der Waals surface area contributed by atoms with E-state index in [1.807, 2.05) is 0 Å². The fourth-order valence-corrected chi connectivity index (χ4v) is 2.17. The van der Waals surface area contributed by atoms with E-state index in [0.29, 0.717) is 12.8 Å². The summed E-state index contributed by atoms with van der Waals surface area (Å²) >= 11 is 0. The van der Waals surface area contributed by atoms with Crippen LogP contribution in [0.4, 0.5) is 0 Å². The van der Waals surface area contributed by atoms with Crippen LogP contribution in [-0.4, -0.2) is 46.8 Å². The van der Waals surface area contributed by atoms with Crippen LogP contribution < -0.4 is 0 Å². The number of carbonyl (C=O) groups excluding carboxylic acids is 2. The fraction of sp³-hybridized carbons (Fsp3) is 0.600. The molecule has 3 unspecified atom stereocenters. The highest BCUT2D eigenvalue weighted by atomic mass is 16.5. The third kappa shape index (κ3) is 8.53. The highest BCUT2D eigenvalue weighted by Crippen LogP contribution is 2.30. The number of rotatable bonds is 6. The Morgan fingerprint density at radius 1 is 1.26 bits per heavy atom. The summed E-state index contributed by atoms with van der Waals surface area (Å²) in [6.07, 6.45) is 4.68. The molecule has 1 fully saturated rings. The molecule has 0 bridgehead atoms. The van der Waals surface area contributed by atoms with E-state index in [4.69, 9.17) is 10.2 Å². The van der Waals surface area contributed by atoms with Crippen LogP contribution in [0.3, 0.4) is 0 Å². The number of ether oxygens (including phenoxy) is 1. The number of nitrogens with zero attached hydrogens (tertiary/aromatic N) is 1. The lowest BCUT2D eigenvalue weighted by molar-refractivity contribution is -0.155. The van der Waals surface area contributed by atoms with Gasteiger partial charge in [-0.2, -0.15) is 0 Å². The predicted octanol–water partition coefficient (Wildman–Crippen LogP) is 1.40. The molecule has 8 heteroatoms. The van der Waals surface area contributed by atoms with Gasteiger partial charge in [-0.15, -0.1) is 0 Å². The highest BCUT2D eigenvalue weighted by molar-refractivity contribution is 5.81. The van der Waals surface area contributed by atoms with Crippen molar-refractivity contribution in [1.29, 1.82) is 0 Å². The normalized spacial score (nSPS) is 20.7. The molecule has 0 amide bonds. The minimum Gasteiger partial charge on any atom is -0.481 e. The van der Waals surface area contributed by atoms with Gasteiger partial charge in [0.25, 0.3) is 0 Å². The van der Waals surface area contributed by atoms with Gasteiger partial charge in [0, 0.05) is 6.08 Å². The lowest BCUT2D eigenvalue weighted by atomic mass is 9.79. The zero-order chi connectivity index (χ0) is 17.8. The second kappa shape index (κ2) is 11.1. The molecule has 0 spiro atoms. The van der Waals surface area contributed by atoms with E-state index < -0.39 is 35.8 Å². The summed E-state index contributed by atoms with van der Waals surface area (Å²) in [5.74, 6) is -3.80. The molecule has 3 atom stereocenters. The van der Waals surface area contributed by atoms with E-state index in [2.05, 4.69) is 16.3 Å². The molecule has 1 saturated carbocycles. The number of hydrogen-bond acceptors (Lipinski definition) is 6. The van der Waals surface area contributed by atoms with E-state index in [1.54, 1.807) is 6.92 Å². The van der Waals surface area contributed by atoms with E-state index in [1.165, 1.54) is 6.08 Å². The number of hydrogen-bond donors (Lipinski definition) is 2. The van der Waals surface area contributed by atoms with Crippen LogP contribution in [0.25, 0.3) is 0 Å². The van der Waals surface area contributed by atoms with Crippen LogP contribution in [0.1, 0.15) is 32.6 Å². The Balaban J connectivity index is 0.000000423. The molecule has 1 aliphatic carbocycles. The maximum Gasteiger partial charge on any atom is 0.330 e. The Morgan fingerprint density at radius 2 is 1.74 bits per heavy atom. The number of carbonyl (C=O) groups is 3. The van der Waals surface area contributed by atoms with Gasteiger partial charge in [-0.25, -0.2) is 14.6 Å². The summed E-state index contributed by atoms with van der Waals surface area (Å²) in [5.41, 5.74) is 0. The molecule has 0 aliphatic heterocycles. The number of aliphatic imine (C=N–C) groups is 1. The first-order valence-electron chi connectivity index (χ1n) is 7.15. The SMILES string of the molecule is C=CC(=O)OC(C)CN=C=O.O=C(O)C1CCCCC1C(=O)O. The van der Waals surface area contributed by atoms with Crippen molar-refractivity contribution in [2.75, 3.05) is 6.54 Å². The molecule has 128 valence electrons. The first-order chi connectivity index (χ1) is 10.8. The minimum atomic E-state index is -0.970. The summed E-state index contributed by atoms with van der Waals surface area (Å²) < 4.78 is 4.67. The molecule has 1 rings (SSSR count). The number of carboxylic acid groups (broad SMARTS) is 2. The Hall–Kier alpha value is -2.47. The van der Waals surface area contributed by atoms with Crippen molar-refractivity contribution in [3.05, 3.63) is 12.7 Å². The van der Waals surface area contributed by atoms with Crippen LogP contribution in [0.5, 0.6) is 0 Å². The molecule has 0 radical (unpaired) electrons. The first kappa shape index (κ1) is 20.5. The molecule has 0 aromatic rings. The zero-order valence-corrected chi connectivity index (χ0v) is 12.9. The molecule has 2 N–H and O–H groups in total. The van der Waals surface area contributed by atoms with Gasteiger partial charge < -0.3 is 14.9 Å². The number of carboxylic acids is 2. The lowest BCUT2D eigenvalue weighted by Gasteiger charge is -2.24. The molecule has 0 aromatic heterocycles. The molecule has 0 saturated heterocycles. The summed E-state index contributed by atoms with van der Waals surface area (Å²) in [6, 6.07) is 0. The highest BCUT2D eigenvalue weighted by Gasteiger charge is 2.35. The smallest absolute Gasteiger partial charge is 0.330 e. The van der Waals surface area contributed by atoms with Gasteiger partial charge in [0.1, 0.15) is 6.10 Å². The van der Waals surface area contributed by atoms with Gasteiger partial charge in [0.15, 0.2) is 0 Å². The second-order valence-electron chi connectivity index (χ2n) is 5.06. The Kier molecular flexibility index (Phi) is 9.95. The number of isocyanates is 1. The van der Waals surface area contributed by atoms with Crippen LogP contribution in [0, 0.1) is 11.8 Å². The molecular formula is C15H21NO7. The van der Waals surface area contributed by atoms with Gasteiger partial charge in [-0.3, -0.25) is 9.59 Å². The van der Waals surface area contributed by atoms with Crippen molar-refractivity contribution in [1.82, 2.24) is 0 Å². The average Bonchev–Trinajstić information content (AvgIpc) is 2.53. The van der Waals surface area contributed by atoms with Crippen molar-refractivity contribution >= 4 is 24.0 Å². The molecule has 0 heterocycles. The van der Waals surface area contributed by atoms with Gasteiger partial charge in [-0.1, -0.05) is 19.4 Å². The zero-order valence-electron chi connectivity index (χ0n) is 12.9. The molecule has 0 aromatic carbocycles. The van der Waals surface area contributed by atoms with Crippen molar-refractivity contribution in [2.24, 2.45) is 16.8 Å². The second-order valence-corrected chi connectivity index (χ2v) is 5.06. The maximum atomic E-state index is 10.6. The molecule has 8 nitrogen and oxygen atoms in total. The van der Waals surface area contributed by atoms with Crippen molar-refractivity contribution in [3.8, 4) is 0 Å². The third-order valence-electron chi connectivity index (χ3n) is 3.30. The van der Waals surface area contributed by atoms with E-state index >= 15 is 0 Å². The molecule has 1 aliphatic rings. The maximum absolute atomic E-state index is 10.6. The number of aliphatic carboxylic acids is 2. The summed E-state index contributed by atoms with van der Waals surface area (Å²) in [4.78, 5) is 44.6. The monoisotopic (exact) mass is 327 g/mol. The average molecular weight is 327 g/mol. The Morgan fingerprint density at radius 3 is 2.09 bits per heavy atom. The molecule has 23 heavy (non-hydrogen) atoms. The van der Waals surface area contributed by atoms with Crippen LogP contribution >= 0.6 is 0 Å². The first-order valence-corrected chi connectivity index (χ1v) is 7.15. The van der Waals surface area contributed by atoms with E-state index in [-0.39, 0.29) is 6.54 Å². The predicted molar refractivity (Wildman–Crippen MR) is 79.5 cm³/mol. The van der Waals surface area contributed by atoms with Gasteiger partial charge in [0.2, 0.25) is 6.08 Å². The van der Waals surface area contributed by atoms with E-state index in [9.17, 15) is 19.2 Å². The topological polar surface area (TPSA) is 130 Å². The largest absolute Gasteiger partial charge is 0.481 e. The van der Waals surface area contributed by atoms with E-state index in [0.717, 1.165) is 18.9 Å². The Labute approximate surface area is 133 Å². The van der Waals surface area contributed by atoms with Crippen molar-refractivity contribution in [2.45, 2.75) is 38.7 Å². The minimum absolute atomic E-state index is 0.142. The standard InChI is InChI=1S/C8H12O4.C7H9NO3/c9-7(10)5-3-1-2-4-6(5)8(11)12;1-3-7(10)11-6(2)4-8-5-9/h5-6H,1-4H2,(H,9,10)(H,11,12);3,6H,1,4H2,2H3. The van der Waals surface area contributed by atoms with Crippen LogP contribution in [-0.2, 0) is 23.9 Å². The quantitative estimate of drug-likeness (QED) is 0.326. The van der Waals surface area contributed by atoms with Crippen LogP contribution in [0.15, 0.2) is 17.6 Å². The lowest BCUT2D eigenvalue weighted by Crippen LogP contribution is -2.32. The molecular weight excluding hydrogens is 306 g/mol.